The highest BCUT2D eigenvalue weighted by atomic mass is 16.4. The fourth-order valence-corrected chi connectivity index (χ4v) is 2.33. The summed E-state index contributed by atoms with van der Waals surface area (Å²) in [5.74, 6) is -1.44. The van der Waals surface area contributed by atoms with Gasteiger partial charge in [0.2, 0.25) is 0 Å². The number of benzene rings is 1. The number of rotatable bonds is 2. The number of aromatic carboxylic acids is 1. The minimum Gasteiger partial charge on any atom is -0.508 e. The molecule has 7 heteroatoms. The second-order valence-electron chi connectivity index (χ2n) is 5.24. The summed E-state index contributed by atoms with van der Waals surface area (Å²) in [6.45, 7) is 2.68. The number of piperidine rings is 1. The predicted molar refractivity (Wildman–Crippen MR) is 75.4 cm³/mol. The molecule has 1 aromatic rings. The van der Waals surface area contributed by atoms with Crippen molar-refractivity contribution in [1.29, 1.82) is 0 Å². The smallest absolute Gasteiger partial charge is 0.337 e. The Morgan fingerprint density at radius 2 is 2.10 bits per heavy atom. The van der Waals surface area contributed by atoms with Crippen molar-refractivity contribution in [2.75, 3.05) is 18.4 Å². The summed E-state index contributed by atoms with van der Waals surface area (Å²) in [5.41, 5.74) is -0.0440. The second kappa shape index (κ2) is 6.01. The van der Waals surface area contributed by atoms with E-state index in [2.05, 4.69) is 5.32 Å². The molecular weight excluding hydrogens is 276 g/mol. The minimum absolute atomic E-state index is 0.0248. The van der Waals surface area contributed by atoms with Gasteiger partial charge in [-0.25, -0.2) is 9.59 Å². The van der Waals surface area contributed by atoms with Gasteiger partial charge in [-0.15, -0.1) is 0 Å². The van der Waals surface area contributed by atoms with Crippen LogP contribution in [0.1, 0.15) is 23.7 Å². The van der Waals surface area contributed by atoms with Crippen LogP contribution >= 0.6 is 0 Å². The lowest BCUT2D eigenvalue weighted by atomic mass is 9.97. The van der Waals surface area contributed by atoms with E-state index in [0.717, 1.165) is 6.07 Å². The second-order valence-corrected chi connectivity index (χ2v) is 5.24. The molecule has 2 amide bonds. The number of hydrogen-bond acceptors (Lipinski definition) is 4. The van der Waals surface area contributed by atoms with Crippen LogP contribution in [-0.4, -0.2) is 51.4 Å². The van der Waals surface area contributed by atoms with Crippen molar-refractivity contribution in [3.8, 4) is 5.75 Å². The van der Waals surface area contributed by atoms with E-state index < -0.39 is 18.1 Å². The Hall–Kier alpha value is -2.28. The normalized spacial score (nSPS) is 21.9. The third-order valence-electron chi connectivity index (χ3n) is 3.62. The Morgan fingerprint density at radius 1 is 1.38 bits per heavy atom. The van der Waals surface area contributed by atoms with Gasteiger partial charge in [0.15, 0.2) is 0 Å². The Kier molecular flexibility index (Phi) is 4.32. The van der Waals surface area contributed by atoms with E-state index in [1.54, 1.807) is 0 Å². The Balaban J connectivity index is 2.11. The first-order valence-electron chi connectivity index (χ1n) is 6.68. The molecule has 0 spiro atoms. The van der Waals surface area contributed by atoms with E-state index in [9.17, 15) is 19.8 Å². The zero-order chi connectivity index (χ0) is 15.6. The van der Waals surface area contributed by atoms with Crippen molar-refractivity contribution in [2.24, 2.45) is 5.92 Å². The summed E-state index contributed by atoms with van der Waals surface area (Å²) in [7, 11) is 0. The summed E-state index contributed by atoms with van der Waals surface area (Å²) < 4.78 is 0. The third-order valence-corrected chi connectivity index (χ3v) is 3.62. The number of carboxylic acid groups (broad SMARTS) is 1. The van der Waals surface area contributed by atoms with Crippen molar-refractivity contribution in [1.82, 2.24) is 4.90 Å². The maximum Gasteiger partial charge on any atom is 0.337 e. The van der Waals surface area contributed by atoms with Gasteiger partial charge in [-0.05, 0) is 30.5 Å². The zero-order valence-corrected chi connectivity index (χ0v) is 11.6. The molecule has 0 radical (unpaired) electrons. The van der Waals surface area contributed by atoms with E-state index in [4.69, 9.17) is 5.11 Å². The van der Waals surface area contributed by atoms with Crippen LogP contribution in [0, 0.1) is 5.92 Å². The molecular formula is C14H18N2O5. The molecule has 0 saturated carbocycles. The number of carbonyl (C=O) groups excluding carboxylic acids is 1. The standard InChI is InChI=1S/C14H18N2O5/c1-8-7-16(5-4-12(8)18)14(21)15-11-3-2-9(17)6-10(11)13(19)20/h2-3,6,8,12,17-18H,4-5,7H2,1H3,(H,15,21)(H,19,20). The van der Waals surface area contributed by atoms with Gasteiger partial charge in [0.05, 0.1) is 17.4 Å². The van der Waals surface area contributed by atoms with Gasteiger partial charge in [-0.1, -0.05) is 6.92 Å². The highest BCUT2D eigenvalue weighted by molar-refractivity contribution is 6.00. The predicted octanol–water partition coefficient (Wildman–Crippen LogP) is 1.32. The summed E-state index contributed by atoms with van der Waals surface area (Å²) in [6.07, 6.45) is 0.0768. The summed E-state index contributed by atoms with van der Waals surface area (Å²) in [6, 6.07) is 3.33. The Bertz CT molecular complexity index is 560. The summed E-state index contributed by atoms with van der Waals surface area (Å²) in [5, 5.41) is 30.6. The quantitative estimate of drug-likeness (QED) is 0.615. The SMILES string of the molecule is CC1CN(C(=O)Nc2ccc(O)cc2C(=O)O)CCC1O. The van der Waals surface area contributed by atoms with Gasteiger partial charge >= 0.3 is 12.0 Å². The number of amides is 2. The van der Waals surface area contributed by atoms with E-state index in [1.165, 1.54) is 17.0 Å². The maximum atomic E-state index is 12.2. The molecule has 2 rings (SSSR count). The average Bonchev–Trinajstić information content (AvgIpc) is 2.43. The number of carboxylic acids is 1. The number of nitrogens with zero attached hydrogens (tertiary/aromatic N) is 1. The molecule has 1 saturated heterocycles. The number of anilines is 1. The number of urea groups is 1. The van der Waals surface area contributed by atoms with Crippen molar-refractivity contribution in [2.45, 2.75) is 19.4 Å². The van der Waals surface area contributed by atoms with Crippen LogP contribution in [0.5, 0.6) is 5.75 Å². The number of carbonyl (C=O) groups is 2. The highest BCUT2D eigenvalue weighted by Crippen LogP contribution is 2.23. The first-order valence-corrected chi connectivity index (χ1v) is 6.68. The maximum absolute atomic E-state index is 12.2. The number of nitrogens with one attached hydrogen (secondary N) is 1. The average molecular weight is 294 g/mol. The van der Waals surface area contributed by atoms with Crippen molar-refractivity contribution >= 4 is 17.7 Å². The number of likely N-dealkylation sites (tertiary alicyclic amines) is 1. The molecule has 0 aromatic heterocycles. The Morgan fingerprint density at radius 3 is 2.71 bits per heavy atom. The van der Waals surface area contributed by atoms with Gasteiger partial charge in [0.1, 0.15) is 5.75 Å². The molecule has 2 atom stereocenters. The van der Waals surface area contributed by atoms with E-state index in [0.29, 0.717) is 19.5 Å². The molecule has 1 fully saturated rings. The number of phenolic OH excluding ortho intramolecular Hbond substituents is 1. The van der Waals surface area contributed by atoms with Gasteiger partial charge in [-0.3, -0.25) is 0 Å². The molecule has 1 aliphatic rings. The minimum atomic E-state index is -1.23. The van der Waals surface area contributed by atoms with Gasteiger partial charge in [-0.2, -0.15) is 0 Å². The van der Waals surface area contributed by atoms with Crippen LogP contribution in [0.2, 0.25) is 0 Å². The molecule has 0 aliphatic carbocycles. The molecule has 4 N–H and O–H groups in total. The number of aromatic hydroxyl groups is 1. The number of aliphatic hydroxyl groups excluding tert-OH is 1. The Labute approximate surface area is 121 Å². The number of hydrogen-bond donors (Lipinski definition) is 4. The van der Waals surface area contributed by atoms with E-state index >= 15 is 0 Å². The highest BCUT2D eigenvalue weighted by Gasteiger charge is 2.27. The van der Waals surface area contributed by atoms with Crippen LogP contribution in [0.25, 0.3) is 0 Å². The molecule has 2 unspecified atom stereocenters. The number of phenols is 1. The largest absolute Gasteiger partial charge is 0.508 e. The van der Waals surface area contributed by atoms with E-state index in [1.807, 2.05) is 6.92 Å². The van der Waals surface area contributed by atoms with Crippen molar-refractivity contribution in [3.05, 3.63) is 23.8 Å². The molecule has 0 bridgehead atoms. The first-order chi connectivity index (χ1) is 9.88. The fourth-order valence-electron chi connectivity index (χ4n) is 2.33. The van der Waals surface area contributed by atoms with Crippen LogP contribution in [0.15, 0.2) is 18.2 Å². The summed E-state index contributed by atoms with van der Waals surface area (Å²) >= 11 is 0. The lowest BCUT2D eigenvalue weighted by Crippen LogP contribution is -2.46. The van der Waals surface area contributed by atoms with Crippen LogP contribution in [0.4, 0.5) is 10.5 Å². The topological polar surface area (TPSA) is 110 Å². The van der Waals surface area contributed by atoms with Gasteiger partial charge in [0.25, 0.3) is 0 Å². The summed E-state index contributed by atoms with van der Waals surface area (Å²) in [4.78, 5) is 24.8. The molecule has 21 heavy (non-hydrogen) atoms. The third kappa shape index (κ3) is 3.43. The van der Waals surface area contributed by atoms with E-state index in [-0.39, 0.29) is 22.9 Å². The first kappa shape index (κ1) is 15.1. The molecule has 1 aliphatic heterocycles. The van der Waals surface area contributed by atoms with Gasteiger partial charge < -0.3 is 25.5 Å². The van der Waals surface area contributed by atoms with Crippen molar-refractivity contribution < 1.29 is 24.9 Å². The van der Waals surface area contributed by atoms with Crippen molar-refractivity contribution in [3.63, 3.8) is 0 Å². The van der Waals surface area contributed by atoms with Crippen LogP contribution in [-0.2, 0) is 0 Å². The van der Waals surface area contributed by atoms with Crippen LogP contribution < -0.4 is 5.32 Å². The molecule has 7 nitrogen and oxygen atoms in total. The van der Waals surface area contributed by atoms with Crippen LogP contribution in [0.3, 0.4) is 0 Å². The molecule has 1 heterocycles. The van der Waals surface area contributed by atoms with Gasteiger partial charge in [0, 0.05) is 13.1 Å². The zero-order valence-electron chi connectivity index (χ0n) is 11.6. The lowest BCUT2D eigenvalue weighted by Gasteiger charge is -2.34. The molecule has 114 valence electrons. The molecule has 1 aromatic carbocycles. The lowest BCUT2D eigenvalue weighted by molar-refractivity contribution is 0.0506. The fraction of sp³-hybridized carbons (Fsp3) is 0.429. The monoisotopic (exact) mass is 294 g/mol. The number of aliphatic hydroxyl groups is 1.